The van der Waals surface area contributed by atoms with Crippen LogP contribution in [0.5, 0.6) is 0 Å². The smallest absolute Gasteiger partial charge is 0.329 e. The van der Waals surface area contributed by atoms with Crippen LogP contribution in [0.4, 0.5) is 17.5 Å². The third-order valence-electron chi connectivity index (χ3n) is 2.47. The topological polar surface area (TPSA) is 119 Å². The van der Waals surface area contributed by atoms with Gasteiger partial charge in [0.15, 0.2) is 0 Å². The van der Waals surface area contributed by atoms with Gasteiger partial charge >= 0.3 is 5.69 Å². The minimum absolute atomic E-state index is 0.0906. The molecule has 1 aromatic carbocycles. The summed E-state index contributed by atoms with van der Waals surface area (Å²) in [7, 11) is 0. The molecule has 0 fully saturated rings. The molecule has 0 aliphatic carbocycles. The van der Waals surface area contributed by atoms with Crippen LogP contribution in [-0.4, -0.2) is 14.9 Å². The molecule has 0 saturated heterocycles. The van der Waals surface area contributed by atoms with E-state index < -0.39 is 4.92 Å². The van der Waals surface area contributed by atoms with Crippen LogP contribution in [0.3, 0.4) is 0 Å². The summed E-state index contributed by atoms with van der Waals surface area (Å²) in [6.07, 6.45) is 1.09. The number of hydrogen-bond donors (Lipinski definition) is 3. The highest BCUT2D eigenvalue weighted by atomic mass is 35.5. The molecule has 8 nitrogen and oxygen atoms in total. The van der Waals surface area contributed by atoms with E-state index in [0.29, 0.717) is 11.6 Å². The molecule has 2 rings (SSSR count). The molecule has 0 bridgehead atoms. The molecular weight excluding hydrogens is 284 g/mol. The van der Waals surface area contributed by atoms with Gasteiger partial charge < -0.3 is 5.32 Å². The van der Waals surface area contributed by atoms with E-state index in [1.807, 2.05) is 12.1 Å². The second-order valence-electron chi connectivity index (χ2n) is 3.81. The molecule has 0 radical (unpaired) electrons. The molecule has 0 unspecified atom stereocenters. The molecule has 0 aliphatic rings. The third-order valence-corrected chi connectivity index (χ3v) is 2.72. The first kappa shape index (κ1) is 14.0. The average molecular weight is 295 g/mol. The number of nitrogens with zero attached hydrogens (tertiary/aromatic N) is 3. The van der Waals surface area contributed by atoms with Crippen LogP contribution in [0.2, 0.25) is 5.02 Å². The third kappa shape index (κ3) is 3.31. The summed E-state index contributed by atoms with van der Waals surface area (Å²) in [5, 5.41) is 14.4. The predicted octanol–water partition coefficient (Wildman–Crippen LogP) is 1.94. The van der Waals surface area contributed by atoms with E-state index in [-0.39, 0.29) is 17.5 Å². The molecule has 0 spiro atoms. The SMILES string of the molecule is NNc1ncc([N+](=O)[O-])c(NCc2ccc(Cl)cc2)n1. The zero-order valence-electron chi connectivity index (χ0n) is 10.2. The van der Waals surface area contributed by atoms with Gasteiger partial charge in [0.2, 0.25) is 11.8 Å². The minimum Gasteiger partial charge on any atom is -0.360 e. The fourth-order valence-electron chi connectivity index (χ4n) is 1.50. The number of anilines is 2. The fourth-order valence-corrected chi connectivity index (χ4v) is 1.62. The Morgan fingerprint density at radius 2 is 2.05 bits per heavy atom. The standard InChI is InChI=1S/C11H11ClN6O2/c12-8-3-1-7(2-4-8)5-14-10-9(18(19)20)6-15-11(16-10)17-13/h1-4,6H,5,13H2,(H2,14,15,16,17). The zero-order chi connectivity index (χ0) is 14.5. The second kappa shape index (κ2) is 6.13. The van der Waals surface area contributed by atoms with E-state index >= 15 is 0 Å². The van der Waals surface area contributed by atoms with Crippen LogP contribution in [-0.2, 0) is 6.54 Å². The molecular formula is C11H11ClN6O2. The van der Waals surface area contributed by atoms with Gasteiger partial charge in [-0.2, -0.15) is 4.98 Å². The highest BCUT2D eigenvalue weighted by Gasteiger charge is 2.16. The van der Waals surface area contributed by atoms with E-state index in [2.05, 4.69) is 20.7 Å². The molecule has 0 atom stereocenters. The number of nitrogens with two attached hydrogens (primary N) is 1. The van der Waals surface area contributed by atoms with Crippen molar-refractivity contribution in [3.63, 3.8) is 0 Å². The van der Waals surface area contributed by atoms with Gasteiger partial charge in [-0.05, 0) is 17.7 Å². The Bertz CT molecular complexity index is 619. The quantitative estimate of drug-likeness (QED) is 0.438. The maximum atomic E-state index is 10.9. The summed E-state index contributed by atoms with van der Waals surface area (Å²) in [5.41, 5.74) is 2.92. The lowest BCUT2D eigenvalue weighted by Crippen LogP contribution is -2.13. The molecule has 0 saturated carbocycles. The first-order valence-electron chi connectivity index (χ1n) is 5.56. The Morgan fingerprint density at radius 3 is 2.65 bits per heavy atom. The van der Waals surface area contributed by atoms with Crippen LogP contribution < -0.4 is 16.6 Å². The largest absolute Gasteiger partial charge is 0.360 e. The molecule has 1 aromatic heterocycles. The van der Waals surface area contributed by atoms with Gasteiger partial charge in [0.25, 0.3) is 0 Å². The summed E-state index contributed by atoms with van der Waals surface area (Å²) in [6, 6.07) is 7.09. The first-order chi connectivity index (χ1) is 9.60. The number of benzene rings is 1. The Labute approximate surface area is 119 Å². The monoisotopic (exact) mass is 294 g/mol. The number of nitrogen functional groups attached to an aromatic ring is 1. The van der Waals surface area contributed by atoms with E-state index in [4.69, 9.17) is 17.4 Å². The lowest BCUT2D eigenvalue weighted by molar-refractivity contribution is -0.384. The highest BCUT2D eigenvalue weighted by Crippen LogP contribution is 2.22. The number of hydrazine groups is 1. The van der Waals surface area contributed by atoms with Gasteiger partial charge in [-0.25, -0.2) is 10.8 Å². The van der Waals surface area contributed by atoms with E-state index in [9.17, 15) is 10.1 Å². The van der Waals surface area contributed by atoms with E-state index in [1.54, 1.807) is 12.1 Å². The maximum absolute atomic E-state index is 10.9. The van der Waals surface area contributed by atoms with Crippen molar-refractivity contribution in [3.05, 3.63) is 51.2 Å². The van der Waals surface area contributed by atoms with Crippen LogP contribution in [0, 0.1) is 10.1 Å². The number of aromatic nitrogens is 2. The first-order valence-corrected chi connectivity index (χ1v) is 5.94. The molecule has 9 heteroatoms. The van der Waals surface area contributed by atoms with Crippen LogP contribution in [0.25, 0.3) is 0 Å². The summed E-state index contributed by atoms with van der Waals surface area (Å²) in [5.74, 6) is 5.36. The molecule has 2 aromatic rings. The lowest BCUT2D eigenvalue weighted by atomic mass is 10.2. The second-order valence-corrected chi connectivity index (χ2v) is 4.25. The van der Waals surface area contributed by atoms with Crippen LogP contribution in [0.15, 0.2) is 30.5 Å². The summed E-state index contributed by atoms with van der Waals surface area (Å²) in [4.78, 5) is 17.9. The van der Waals surface area contributed by atoms with Crippen molar-refractivity contribution in [2.75, 3.05) is 10.7 Å². The Morgan fingerprint density at radius 1 is 1.35 bits per heavy atom. The van der Waals surface area contributed by atoms with Gasteiger partial charge in [0.05, 0.1) is 4.92 Å². The molecule has 104 valence electrons. The molecule has 0 aliphatic heterocycles. The van der Waals surface area contributed by atoms with Crippen LogP contribution >= 0.6 is 11.6 Å². The molecule has 4 N–H and O–H groups in total. The molecule has 20 heavy (non-hydrogen) atoms. The fraction of sp³-hybridized carbons (Fsp3) is 0.0909. The zero-order valence-corrected chi connectivity index (χ0v) is 11.0. The predicted molar refractivity (Wildman–Crippen MR) is 75.3 cm³/mol. The lowest BCUT2D eigenvalue weighted by Gasteiger charge is -2.07. The van der Waals surface area contributed by atoms with Crippen LogP contribution in [0.1, 0.15) is 5.56 Å². The number of rotatable bonds is 5. The summed E-state index contributed by atoms with van der Waals surface area (Å²) in [6.45, 7) is 0.360. The maximum Gasteiger partial charge on any atom is 0.329 e. The Balaban J connectivity index is 2.18. The molecule has 0 amide bonds. The summed E-state index contributed by atoms with van der Waals surface area (Å²) < 4.78 is 0. The average Bonchev–Trinajstić information content (AvgIpc) is 2.46. The summed E-state index contributed by atoms with van der Waals surface area (Å²) >= 11 is 5.78. The van der Waals surface area contributed by atoms with Gasteiger partial charge in [0.1, 0.15) is 6.20 Å². The van der Waals surface area contributed by atoms with Gasteiger partial charge in [0, 0.05) is 11.6 Å². The van der Waals surface area contributed by atoms with Crippen molar-refractivity contribution < 1.29 is 4.92 Å². The highest BCUT2D eigenvalue weighted by molar-refractivity contribution is 6.30. The van der Waals surface area contributed by atoms with E-state index in [0.717, 1.165) is 11.8 Å². The normalized spacial score (nSPS) is 10.1. The van der Waals surface area contributed by atoms with Gasteiger partial charge in [-0.1, -0.05) is 23.7 Å². The van der Waals surface area contributed by atoms with Crippen molar-refractivity contribution in [1.29, 1.82) is 0 Å². The van der Waals surface area contributed by atoms with E-state index in [1.165, 1.54) is 0 Å². The van der Waals surface area contributed by atoms with Crippen molar-refractivity contribution in [2.45, 2.75) is 6.54 Å². The van der Waals surface area contributed by atoms with Crippen molar-refractivity contribution >= 4 is 29.1 Å². The van der Waals surface area contributed by atoms with Gasteiger partial charge in [-0.15, -0.1) is 0 Å². The Hall–Kier alpha value is -2.45. The van der Waals surface area contributed by atoms with Crippen molar-refractivity contribution in [3.8, 4) is 0 Å². The number of halogens is 1. The van der Waals surface area contributed by atoms with Crippen molar-refractivity contribution in [1.82, 2.24) is 9.97 Å². The minimum atomic E-state index is -0.565. The van der Waals surface area contributed by atoms with Gasteiger partial charge in [-0.3, -0.25) is 15.5 Å². The Kier molecular flexibility index (Phi) is 4.28. The molecule has 1 heterocycles. The number of nitro groups is 1. The van der Waals surface area contributed by atoms with Crippen molar-refractivity contribution in [2.24, 2.45) is 5.84 Å². The number of hydrogen-bond acceptors (Lipinski definition) is 7. The number of nitrogens with one attached hydrogen (secondary N) is 2.